The number of aromatic nitrogens is 4. The van der Waals surface area contributed by atoms with E-state index in [1.54, 1.807) is 24.3 Å². The number of halogens is 5. The van der Waals surface area contributed by atoms with Crippen molar-refractivity contribution in [2.45, 2.75) is 12.7 Å². The van der Waals surface area contributed by atoms with Crippen LogP contribution < -0.4 is 16.4 Å². The van der Waals surface area contributed by atoms with Crippen molar-refractivity contribution in [3.8, 4) is 0 Å². The van der Waals surface area contributed by atoms with E-state index >= 15 is 0 Å². The van der Waals surface area contributed by atoms with Crippen molar-refractivity contribution in [2.75, 3.05) is 16.4 Å². The molecule has 0 spiro atoms. The SMILES string of the molecule is Nc1nc(Cl)nc2c(Nc3cc(CNc4cccc(C(F)(F)F)c4)ccc3Cl)ncnc12. The van der Waals surface area contributed by atoms with Crippen LogP contribution >= 0.6 is 23.2 Å². The van der Waals surface area contributed by atoms with Gasteiger partial charge in [-0.25, -0.2) is 15.0 Å². The van der Waals surface area contributed by atoms with Gasteiger partial charge in [0.25, 0.3) is 0 Å². The van der Waals surface area contributed by atoms with Gasteiger partial charge < -0.3 is 16.4 Å². The second-order valence-corrected chi connectivity index (χ2v) is 7.41. The van der Waals surface area contributed by atoms with Crippen LogP contribution in [0.25, 0.3) is 11.0 Å². The van der Waals surface area contributed by atoms with Gasteiger partial charge in [0.15, 0.2) is 11.6 Å². The van der Waals surface area contributed by atoms with Crippen molar-refractivity contribution in [1.29, 1.82) is 0 Å². The molecule has 0 saturated carbocycles. The first kappa shape index (κ1) is 21.8. The number of rotatable bonds is 5. The first-order valence-electron chi connectivity index (χ1n) is 9.11. The second kappa shape index (κ2) is 8.64. The number of alkyl halides is 3. The molecule has 164 valence electrons. The molecule has 0 atom stereocenters. The molecule has 0 unspecified atom stereocenters. The van der Waals surface area contributed by atoms with Gasteiger partial charge in [-0.3, -0.25) is 0 Å². The van der Waals surface area contributed by atoms with E-state index in [-0.39, 0.29) is 17.6 Å². The van der Waals surface area contributed by atoms with Crippen molar-refractivity contribution in [3.63, 3.8) is 0 Å². The number of nitrogens with one attached hydrogen (secondary N) is 2. The molecular weight excluding hydrogens is 466 g/mol. The third-order valence-electron chi connectivity index (χ3n) is 4.45. The van der Waals surface area contributed by atoms with Crippen LogP contribution in [0.15, 0.2) is 48.8 Å². The van der Waals surface area contributed by atoms with Gasteiger partial charge in [0, 0.05) is 12.2 Å². The smallest absolute Gasteiger partial charge is 0.382 e. The Morgan fingerprint density at radius 2 is 1.78 bits per heavy atom. The molecular formula is C20H14Cl2F3N7. The molecule has 4 aromatic rings. The number of nitrogens with zero attached hydrogens (tertiary/aromatic N) is 4. The molecule has 32 heavy (non-hydrogen) atoms. The van der Waals surface area contributed by atoms with Crippen LogP contribution in [-0.2, 0) is 12.7 Å². The summed E-state index contributed by atoms with van der Waals surface area (Å²) in [6.07, 6.45) is -3.11. The monoisotopic (exact) mass is 479 g/mol. The van der Waals surface area contributed by atoms with E-state index in [1.807, 2.05) is 0 Å². The van der Waals surface area contributed by atoms with Gasteiger partial charge >= 0.3 is 6.18 Å². The number of anilines is 4. The van der Waals surface area contributed by atoms with Gasteiger partial charge in [-0.2, -0.15) is 18.2 Å². The van der Waals surface area contributed by atoms with Crippen molar-refractivity contribution in [1.82, 2.24) is 19.9 Å². The lowest BCUT2D eigenvalue weighted by molar-refractivity contribution is -0.137. The summed E-state index contributed by atoms with van der Waals surface area (Å²) in [5, 5.41) is 6.39. The lowest BCUT2D eigenvalue weighted by Crippen LogP contribution is -2.06. The van der Waals surface area contributed by atoms with Gasteiger partial charge in [0.05, 0.1) is 16.3 Å². The Balaban J connectivity index is 1.57. The molecule has 4 N–H and O–H groups in total. The minimum absolute atomic E-state index is 0.0574. The van der Waals surface area contributed by atoms with Crippen LogP contribution in [0.3, 0.4) is 0 Å². The van der Waals surface area contributed by atoms with Crippen LogP contribution in [0.2, 0.25) is 10.3 Å². The number of nitrogens with two attached hydrogens (primary N) is 1. The Kier molecular flexibility index (Phi) is 5.90. The fourth-order valence-corrected chi connectivity index (χ4v) is 3.29. The van der Waals surface area contributed by atoms with E-state index < -0.39 is 11.7 Å². The van der Waals surface area contributed by atoms with Crippen LogP contribution in [0, 0.1) is 0 Å². The standard InChI is InChI=1S/C20H14Cl2F3N7/c21-13-5-4-10(8-27-12-3-1-2-11(7-12)20(23,24)25)6-14(13)30-18-16-15(28-9-29-18)17(26)32-19(22)31-16/h1-7,9,27H,8H2,(H2,26,31,32)(H,28,29,30). The molecule has 0 aliphatic heterocycles. The van der Waals surface area contributed by atoms with Crippen molar-refractivity contribution >= 4 is 57.2 Å². The van der Waals surface area contributed by atoms with Crippen LogP contribution in [0.1, 0.15) is 11.1 Å². The van der Waals surface area contributed by atoms with Crippen LogP contribution in [-0.4, -0.2) is 19.9 Å². The maximum Gasteiger partial charge on any atom is 0.416 e. The number of fused-ring (bicyclic) bond motifs is 1. The topological polar surface area (TPSA) is 102 Å². The molecule has 2 aromatic carbocycles. The van der Waals surface area contributed by atoms with Crippen molar-refractivity contribution < 1.29 is 13.2 Å². The lowest BCUT2D eigenvalue weighted by atomic mass is 10.1. The fourth-order valence-electron chi connectivity index (χ4n) is 2.95. The predicted molar refractivity (Wildman–Crippen MR) is 118 cm³/mol. The zero-order valence-electron chi connectivity index (χ0n) is 16.1. The van der Waals surface area contributed by atoms with Crippen molar-refractivity contribution in [2.24, 2.45) is 0 Å². The normalized spacial score (nSPS) is 11.5. The molecule has 4 rings (SSSR count). The molecule has 2 heterocycles. The zero-order chi connectivity index (χ0) is 22.9. The Morgan fingerprint density at radius 1 is 0.969 bits per heavy atom. The Bertz CT molecular complexity index is 1300. The van der Waals surface area contributed by atoms with Gasteiger partial charge in [-0.05, 0) is 47.5 Å². The minimum atomic E-state index is -4.41. The average Bonchev–Trinajstić information content (AvgIpc) is 2.74. The maximum absolute atomic E-state index is 12.9. The summed E-state index contributed by atoms with van der Waals surface area (Å²) >= 11 is 12.2. The van der Waals surface area contributed by atoms with Gasteiger partial charge in [-0.15, -0.1) is 0 Å². The molecule has 7 nitrogen and oxygen atoms in total. The quantitative estimate of drug-likeness (QED) is 0.316. The van der Waals surface area contributed by atoms with Crippen LogP contribution in [0.4, 0.5) is 36.2 Å². The first-order chi connectivity index (χ1) is 15.2. The zero-order valence-corrected chi connectivity index (χ0v) is 17.6. The predicted octanol–water partition coefficient (Wildman–Crippen LogP) is 5.68. The Labute approximate surface area is 189 Å². The second-order valence-electron chi connectivity index (χ2n) is 6.67. The fraction of sp³-hybridized carbons (Fsp3) is 0.100. The third kappa shape index (κ3) is 4.76. The van der Waals surface area contributed by atoms with Gasteiger partial charge in [0.2, 0.25) is 5.28 Å². The highest BCUT2D eigenvalue weighted by atomic mass is 35.5. The third-order valence-corrected chi connectivity index (χ3v) is 4.95. The summed E-state index contributed by atoms with van der Waals surface area (Å²) in [6, 6.07) is 10.1. The highest BCUT2D eigenvalue weighted by molar-refractivity contribution is 6.33. The molecule has 0 aliphatic carbocycles. The Morgan fingerprint density at radius 3 is 2.56 bits per heavy atom. The number of hydrogen-bond acceptors (Lipinski definition) is 7. The first-order valence-corrected chi connectivity index (χ1v) is 9.86. The summed E-state index contributed by atoms with van der Waals surface area (Å²) in [7, 11) is 0. The van der Waals surface area contributed by atoms with E-state index in [1.165, 1.54) is 12.4 Å². The highest BCUT2D eigenvalue weighted by Crippen LogP contribution is 2.32. The van der Waals surface area contributed by atoms with E-state index in [0.29, 0.717) is 33.2 Å². The molecule has 0 bridgehead atoms. The molecule has 0 aliphatic rings. The largest absolute Gasteiger partial charge is 0.416 e. The highest BCUT2D eigenvalue weighted by Gasteiger charge is 2.30. The lowest BCUT2D eigenvalue weighted by Gasteiger charge is -2.13. The molecule has 0 fully saturated rings. The molecule has 12 heteroatoms. The van der Waals surface area contributed by atoms with Crippen LogP contribution in [0.5, 0.6) is 0 Å². The molecule has 0 radical (unpaired) electrons. The Hall–Kier alpha value is -3.37. The summed E-state index contributed by atoms with van der Waals surface area (Å²) in [5.74, 6) is 0.423. The van der Waals surface area contributed by atoms with E-state index in [2.05, 4.69) is 30.6 Å². The average molecular weight is 480 g/mol. The molecule has 2 aromatic heterocycles. The van der Waals surface area contributed by atoms with E-state index in [9.17, 15) is 13.2 Å². The summed E-state index contributed by atoms with van der Waals surface area (Å²) in [4.78, 5) is 16.2. The summed E-state index contributed by atoms with van der Waals surface area (Å²) in [6.45, 7) is 0.263. The molecule has 0 saturated heterocycles. The van der Waals surface area contributed by atoms with E-state index in [4.69, 9.17) is 28.9 Å². The van der Waals surface area contributed by atoms with E-state index in [0.717, 1.165) is 17.7 Å². The van der Waals surface area contributed by atoms with Crippen molar-refractivity contribution in [3.05, 3.63) is 70.2 Å². The number of hydrogen-bond donors (Lipinski definition) is 3. The van der Waals surface area contributed by atoms with Gasteiger partial charge in [0.1, 0.15) is 17.4 Å². The maximum atomic E-state index is 12.9. The summed E-state index contributed by atoms with van der Waals surface area (Å²) < 4.78 is 38.7. The number of nitrogen functional groups attached to an aromatic ring is 1. The van der Waals surface area contributed by atoms with Gasteiger partial charge in [-0.1, -0.05) is 23.7 Å². The number of benzene rings is 2. The summed E-state index contributed by atoms with van der Waals surface area (Å²) in [5.41, 5.74) is 7.37. The molecule has 0 amide bonds. The minimum Gasteiger partial charge on any atom is -0.382 e.